The van der Waals surface area contributed by atoms with Crippen LogP contribution in [0.4, 0.5) is 0 Å². The summed E-state index contributed by atoms with van der Waals surface area (Å²) >= 11 is 0. The number of hydrogen-bond donors (Lipinski definition) is 1. The Labute approximate surface area is 277 Å². The van der Waals surface area contributed by atoms with E-state index in [1.807, 2.05) is 6.08 Å². The third-order valence-electron chi connectivity index (χ3n) is 8.32. The number of esters is 2. The van der Waals surface area contributed by atoms with Crippen molar-refractivity contribution in [2.45, 2.75) is 187 Å². The fraction of sp³-hybridized carbons (Fsp3) is 0.821. The number of allylic oxidation sites excluding steroid dienone is 4. The number of aliphatic hydroxyl groups excluding tert-OH is 1. The van der Waals surface area contributed by atoms with E-state index in [1.54, 1.807) is 0 Å². The number of ketones is 1. The van der Waals surface area contributed by atoms with E-state index < -0.39 is 12.1 Å². The Kier molecular flexibility index (Phi) is 32.0. The Balaban J connectivity index is 3.83. The van der Waals surface area contributed by atoms with Crippen molar-refractivity contribution in [1.82, 2.24) is 0 Å². The largest absolute Gasteiger partial charge is 0.463 e. The number of carbonyl (C=O) groups is 3. The molecule has 0 aromatic rings. The highest BCUT2D eigenvalue weighted by Gasteiger charge is 2.15. The van der Waals surface area contributed by atoms with Gasteiger partial charge in [0.05, 0.1) is 0 Å². The predicted molar refractivity (Wildman–Crippen MR) is 187 cm³/mol. The summed E-state index contributed by atoms with van der Waals surface area (Å²) in [4.78, 5) is 35.4. The van der Waals surface area contributed by atoms with Gasteiger partial charge >= 0.3 is 11.9 Å². The molecule has 0 spiro atoms. The van der Waals surface area contributed by atoms with Gasteiger partial charge in [-0.3, -0.25) is 14.4 Å². The van der Waals surface area contributed by atoms with Crippen LogP contribution in [-0.4, -0.2) is 42.1 Å². The minimum Gasteiger partial charge on any atom is -0.463 e. The lowest BCUT2D eigenvalue weighted by molar-refractivity contribution is -0.151. The molecule has 0 aliphatic carbocycles. The van der Waals surface area contributed by atoms with Crippen LogP contribution in [-0.2, 0) is 23.9 Å². The molecule has 0 amide bonds. The summed E-state index contributed by atoms with van der Waals surface area (Å²) in [5, 5.41) is 9.61. The highest BCUT2D eigenvalue weighted by Crippen LogP contribution is 2.20. The van der Waals surface area contributed by atoms with Crippen LogP contribution < -0.4 is 0 Å². The zero-order valence-corrected chi connectivity index (χ0v) is 29.5. The first-order valence-corrected chi connectivity index (χ1v) is 18.7. The highest BCUT2D eigenvalue weighted by atomic mass is 16.6. The van der Waals surface area contributed by atoms with Crippen molar-refractivity contribution in [1.29, 1.82) is 0 Å². The molecule has 2 unspecified atom stereocenters. The van der Waals surface area contributed by atoms with Crippen LogP contribution in [0.5, 0.6) is 0 Å². The van der Waals surface area contributed by atoms with E-state index in [0.717, 1.165) is 64.2 Å². The van der Waals surface area contributed by atoms with Gasteiger partial charge in [-0.2, -0.15) is 0 Å². The summed E-state index contributed by atoms with van der Waals surface area (Å²) in [6.07, 6.45) is 36.3. The molecule has 6 nitrogen and oxygen atoms in total. The molecule has 0 saturated heterocycles. The van der Waals surface area contributed by atoms with Gasteiger partial charge in [-0.1, -0.05) is 128 Å². The minimum atomic E-state index is -0.980. The lowest BCUT2D eigenvalue weighted by Gasteiger charge is -2.13. The predicted octanol–water partition coefficient (Wildman–Crippen LogP) is 10.5. The summed E-state index contributed by atoms with van der Waals surface area (Å²) in [5.74, 6) is -0.279. The van der Waals surface area contributed by atoms with Crippen molar-refractivity contribution >= 4 is 17.7 Å². The van der Waals surface area contributed by atoms with Gasteiger partial charge in [-0.05, 0) is 63.9 Å². The Bertz CT molecular complexity index is 759. The molecule has 0 aliphatic heterocycles. The first kappa shape index (κ1) is 43.0. The van der Waals surface area contributed by atoms with Crippen molar-refractivity contribution < 1.29 is 29.0 Å². The maximum atomic E-state index is 12.9. The Hall–Kier alpha value is -1.95. The molecule has 262 valence electrons. The van der Waals surface area contributed by atoms with Crippen LogP contribution in [0.25, 0.3) is 0 Å². The van der Waals surface area contributed by atoms with Crippen LogP contribution in [0.1, 0.15) is 181 Å². The van der Waals surface area contributed by atoms with Gasteiger partial charge in [0.15, 0.2) is 5.78 Å². The van der Waals surface area contributed by atoms with E-state index in [-0.39, 0.29) is 25.1 Å². The second kappa shape index (κ2) is 33.4. The average Bonchev–Trinajstić information content (AvgIpc) is 3.02. The second-order valence-corrected chi connectivity index (χ2v) is 12.8. The standard InChI is InChI=1S/C39H70O6/c1-4-6-8-9-10-11-12-13-14-15-16-17-21-24-27-31-38(42)36(29-7-5-2)30-26-23-20-18-19-22-25-28-32-39(43)45-34-37(41)33-44-35(3)40/h13-14,27,31,36-37,41H,4-12,15-26,28-30,32-34H2,1-3H3. The van der Waals surface area contributed by atoms with E-state index in [0.29, 0.717) is 12.2 Å². The Morgan fingerprint density at radius 1 is 0.578 bits per heavy atom. The third-order valence-corrected chi connectivity index (χ3v) is 8.32. The summed E-state index contributed by atoms with van der Waals surface area (Å²) in [5.41, 5.74) is 0. The zero-order valence-electron chi connectivity index (χ0n) is 29.5. The van der Waals surface area contributed by atoms with Crippen molar-refractivity contribution in [3.05, 3.63) is 24.3 Å². The van der Waals surface area contributed by atoms with E-state index >= 15 is 0 Å². The van der Waals surface area contributed by atoms with Gasteiger partial charge in [0.2, 0.25) is 0 Å². The SMILES string of the molecule is CCCCCCCCC=CCCCCCC=CC(=O)C(CCCC)CCCCCCCCCCC(=O)OCC(O)COC(C)=O. The number of rotatable bonds is 33. The summed E-state index contributed by atoms with van der Waals surface area (Å²) in [6, 6.07) is 0. The normalized spacial score (nSPS) is 13.0. The van der Waals surface area contributed by atoms with Crippen molar-refractivity contribution in [3.8, 4) is 0 Å². The van der Waals surface area contributed by atoms with E-state index in [1.165, 1.54) is 96.8 Å². The first-order chi connectivity index (χ1) is 21.9. The molecule has 0 fully saturated rings. The first-order valence-electron chi connectivity index (χ1n) is 18.7. The second-order valence-electron chi connectivity index (χ2n) is 12.8. The van der Waals surface area contributed by atoms with Crippen molar-refractivity contribution in [3.63, 3.8) is 0 Å². The summed E-state index contributed by atoms with van der Waals surface area (Å²) < 4.78 is 9.71. The average molecular weight is 635 g/mol. The van der Waals surface area contributed by atoms with Crippen molar-refractivity contribution in [2.75, 3.05) is 13.2 Å². The molecule has 45 heavy (non-hydrogen) atoms. The van der Waals surface area contributed by atoms with Gasteiger partial charge in [-0.25, -0.2) is 0 Å². The summed E-state index contributed by atoms with van der Waals surface area (Å²) in [6.45, 7) is 5.43. The minimum absolute atomic E-state index is 0.148. The monoisotopic (exact) mass is 635 g/mol. The molecular formula is C39H70O6. The number of unbranched alkanes of at least 4 members (excludes halogenated alkanes) is 18. The number of ether oxygens (including phenoxy) is 2. The smallest absolute Gasteiger partial charge is 0.305 e. The van der Waals surface area contributed by atoms with E-state index in [4.69, 9.17) is 4.74 Å². The molecule has 0 aromatic heterocycles. The van der Waals surface area contributed by atoms with Crippen LogP contribution in [0.3, 0.4) is 0 Å². The molecule has 0 aromatic carbocycles. The molecule has 1 N–H and O–H groups in total. The molecule has 0 rings (SSSR count). The molecule has 6 heteroatoms. The van der Waals surface area contributed by atoms with Crippen LogP contribution >= 0.6 is 0 Å². The van der Waals surface area contributed by atoms with Crippen LogP contribution in [0.15, 0.2) is 24.3 Å². The molecule has 0 radical (unpaired) electrons. The van der Waals surface area contributed by atoms with Crippen LogP contribution in [0.2, 0.25) is 0 Å². The van der Waals surface area contributed by atoms with Gasteiger partial charge in [0.1, 0.15) is 19.3 Å². The maximum Gasteiger partial charge on any atom is 0.305 e. The fourth-order valence-electron chi connectivity index (χ4n) is 5.44. The van der Waals surface area contributed by atoms with E-state index in [9.17, 15) is 19.5 Å². The quantitative estimate of drug-likeness (QED) is 0.0334. The van der Waals surface area contributed by atoms with Gasteiger partial charge in [0.25, 0.3) is 0 Å². The molecule has 0 heterocycles. The third kappa shape index (κ3) is 31.8. The van der Waals surface area contributed by atoms with Crippen molar-refractivity contribution in [2.24, 2.45) is 5.92 Å². The maximum absolute atomic E-state index is 12.9. The molecular weight excluding hydrogens is 564 g/mol. The number of hydrogen-bond acceptors (Lipinski definition) is 6. The topological polar surface area (TPSA) is 89.9 Å². The molecule has 0 saturated carbocycles. The molecule has 0 aliphatic rings. The fourth-order valence-corrected chi connectivity index (χ4v) is 5.44. The lowest BCUT2D eigenvalue weighted by Crippen LogP contribution is -2.24. The molecule has 2 atom stereocenters. The van der Waals surface area contributed by atoms with Gasteiger partial charge in [-0.15, -0.1) is 0 Å². The van der Waals surface area contributed by atoms with Crippen LogP contribution in [0, 0.1) is 5.92 Å². The van der Waals surface area contributed by atoms with Gasteiger partial charge in [0, 0.05) is 19.3 Å². The zero-order chi connectivity index (χ0) is 33.2. The van der Waals surface area contributed by atoms with E-state index in [2.05, 4.69) is 36.8 Å². The van der Waals surface area contributed by atoms with Gasteiger partial charge < -0.3 is 14.6 Å². The molecule has 0 bridgehead atoms. The Morgan fingerprint density at radius 3 is 1.64 bits per heavy atom. The lowest BCUT2D eigenvalue weighted by atomic mass is 9.91. The number of aliphatic hydroxyl groups is 1. The number of carbonyl (C=O) groups excluding carboxylic acids is 3. The Morgan fingerprint density at radius 2 is 1.04 bits per heavy atom. The highest BCUT2D eigenvalue weighted by molar-refractivity contribution is 5.91. The summed E-state index contributed by atoms with van der Waals surface area (Å²) in [7, 11) is 0.